The van der Waals surface area contributed by atoms with Crippen molar-refractivity contribution >= 4 is 0 Å². The van der Waals surface area contributed by atoms with Crippen molar-refractivity contribution in [3.05, 3.63) is 0 Å². The topological polar surface area (TPSA) is 105 Å². The number of nitrogens with two attached hydrogens (primary N) is 1. The van der Waals surface area contributed by atoms with Crippen molar-refractivity contribution in [3.63, 3.8) is 0 Å². The van der Waals surface area contributed by atoms with Crippen LogP contribution in [0.3, 0.4) is 0 Å². The molecule has 1 fully saturated rings. The largest absolute Gasteiger partial charge is 0.394 e. The summed E-state index contributed by atoms with van der Waals surface area (Å²) in [5.41, 5.74) is 5.35. The quantitative estimate of drug-likeness (QED) is 0.441. The minimum absolute atomic E-state index is 0.201. The third kappa shape index (κ3) is 3.87. The highest BCUT2D eigenvalue weighted by Gasteiger charge is 2.42. The van der Waals surface area contributed by atoms with Crippen LogP contribution in [0, 0.1) is 5.92 Å². The van der Waals surface area contributed by atoms with Crippen molar-refractivity contribution in [1.82, 2.24) is 0 Å². The molecule has 17 heavy (non-hydrogen) atoms. The zero-order chi connectivity index (χ0) is 12.8. The first-order chi connectivity index (χ1) is 8.11. The molecule has 1 rings (SSSR count). The Balaban J connectivity index is 2.42. The predicted molar refractivity (Wildman–Crippen MR) is 61.2 cm³/mol. The van der Waals surface area contributed by atoms with Crippen molar-refractivity contribution in [1.29, 1.82) is 0 Å². The van der Waals surface area contributed by atoms with E-state index >= 15 is 0 Å². The Kier molecular flexibility index (Phi) is 6.32. The molecule has 1 saturated heterocycles. The zero-order valence-electron chi connectivity index (χ0n) is 10.2. The molecule has 0 bridgehead atoms. The summed E-state index contributed by atoms with van der Waals surface area (Å²) in [7, 11) is 0. The third-order valence-corrected chi connectivity index (χ3v) is 3.12. The highest BCUT2D eigenvalue weighted by molar-refractivity contribution is 4.86. The monoisotopic (exact) mass is 249 g/mol. The second-order valence-corrected chi connectivity index (χ2v) is 4.43. The molecular formula is C11H23NO5. The lowest BCUT2D eigenvalue weighted by Crippen LogP contribution is -2.55. The second-order valence-electron chi connectivity index (χ2n) is 4.43. The van der Waals surface area contributed by atoms with E-state index in [-0.39, 0.29) is 12.5 Å². The SMILES string of the molecule is CC1C(CO)OC(OCCCCN)C(O)C1O. The Morgan fingerprint density at radius 1 is 1.24 bits per heavy atom. The van der Waals surface area contributed by atoms with Crippen LogP contribution in [0.1, 0.15) is 19.8 Å². The summed E-state index contributed by atoms with van der Waals surface area (Å²) < 4.78 is 10.7. The number of hydrogen-bond acceptors (Lipinski definition) is 6. The van der Waals surface area contributed by atoms with Crippen molar-refractivity contribution < 1.29 is 24.8 Å². The summed E-state index contributed by atoms with van der Waals surface area (Å²) in [5.74, 6) is -0.320. The third-order valence-electron chi connectivity index (χ3n) is 3.12. The minimum atomic E-state index is -1.08. The molecule has 0 aromatic heterocycles. The van der Waals surface area contributed by atoms with Gasteiger partial charge in [-0.15, -0.1) is 0 Å². The van der Waals surface area contributed by atoms with Gasteiger partial charge in [0.25, 0.3) is 0 Å². The predicted octanol–water partition coefficient (Wildman–Crippen LogP) is -1.18. The van der Waals surface area contributed by atoms with Gasteiger partial charge in [0.05, 0.1) is 18.8 Å². The highest BCUT2D eigenvalue weighted by atomic mass is 16.7. The van der Waals surface area contributed by atoms with Crippen LogP contribution in [-0.2, 0) is 9.47 Å². The van der Waals surface area contributed by atoms with Gasteiger partial charge in [-0.2, -0.15) is 0 Å². The number of aliphatic hydroxyl groups excluding tert-OH is 3. The first-order valence-electron chi connectivity index (χ1n) is 6.06. The number of hydrogen-bond donors (Lipinski definition) is 4. The van der Waals surface area contributed by atoms with E-state index in [1.807, 2.05) is 0 Å². The van der Waals surface area contributed by atoms with Gasteiger partial charge in [-0.3, -0.25) is 0 Å². The summed E-state index contributed by atoms with van der Waals surface area (Å²) in [6, 6.07) is 0. The van der Waals surface area contributed by atoms with E-state index in [1.165, 1.54) is 0 Å². The minimum Gasteiger partial charge on any atom is -0.394 e. The van der Waals surface area contributed by atoms with Crippen molar-refractivity contribution in [2.45, 2.75) is 44.4 Å². The fourth-order valence-electron chi connectivity index (χ4n) is 1.86. The highest BCUT2D eigenvalue weighted by Crippen LogP contribution is 2.26. The Bertz CT molecular complexity index is 214. The summed E-state index contributed by atoms with van der Waals surface area (Å²) in [6.07, 6.45) is -1.79. The number of ether oxygens (including phenoxy) is 2. The molecule has 0 spiro atoms. The molecule has 6 heteroatoms. The van der Waals surface area contributed by atoms with Gasteiger partial charge in [-0.05, 0) is 19.4 Å². The fourth-order valence-corrected chi connectivity index (χ4v) is 1.86. The zero-order valence-corrected chi connectivity index (χ0v) is 10.2. The molecule has 0 radical (unpaired) electrons. The molecule has 5 atom stereocenters. The summed E-state index contributed by atoms with van der Waals surface area (Å²) in [5, 5.41) is 28.7. The Labute approximate surface area is 101 Å². The van der Waals surface area contributed by atoms with Crippen molar-refractivity contribution in [2.75, 3.05) is 19.8 Å². The van der Waals surface area contributed by atoms with Crippen LogP contribution in [0.25, 0.3) is 0 Å². The van der Waals surface area contributed by atoms with Crippen LogP contribution in [0.15, 0.2) is 0 Å². The molecule has 5 N–H and O–H groups in total. The first-order valence-corrected chi connectivity index (χ1v) is 6.06. The lowest BCUT2D eigenvalue weighted by molar-refractivity contribution is -0.288. The molecule has 102 valence electrons. The lowest BCUT2D eigenvalue weighted by atomic mass is 9.91. The molecule has 1 aliphatic heterocycles. The van der Waals surface area contributed by atoms with Gasteiger partial charge in [0.2, 0.25) is 0 Å². The molecule has 1 heterocycles. The van der Waals surface area contributed by atoms with Gasteiger partial charge in [0.1, 0.15) is 6.10 Å². The van der Waals surface area contributed by atoms with E-state index in [4.69, 9.17) is 20.3 Å². The van der Waals surface area contributed by atoms with E-state index in [0.717, 1.165) is 12.8 Å². The molecule has 1 aliphatic rings. The summed E-state index contributed by atoms with van der Waals surface area (Å²) in [6.45, 7) is 2.53. The number of rotatable bonds is 6. The molecule has 5 unspecified atom stereocenters. The van der Waals surface area contributed by atoms with Crippen LogP contribution < -0.4 is 5.73 Å². The maximum Gasteiger partial charge on any atom is 0.186 e. The van der Waals surface area contributed by atoms with Crippen LogP contribution in [0.2, 0.25) is 0 Å². The summed E-state index contributed by atoms with van der Waals surface area (Å²) >= 11 is 0. The van der Waals surface area contributed by atoms with Gasteiger partial charge < -0.3 is 30.5 Å². The van der Waals surface area contributed by atoms with Crippen molar-refractivity contribution in [3.8, 4) is 0 Å². The Morgan fingerprint density at radius 3 is 2.53 bits per heavy atom. The van der Waals surface area contributed by atoms with Crippen molar-refractivity contribution in [2.24, 2.45) is 11.7 Å². The van der Waals surface area contributed by atoms with E-state index in [1.54, 1.807) is 6.92 Å². The number of aliphatic hydroxyl groups is 3. The first kappa shape index (κ1) is 14.8. The molecular weight excluding hydrogens is 226 g/mol. The van der Waals surface area contributed by atoms with Gasteiger partial charge in [-0.1, -0.05) is 6.92 Å². The molecule has 0 saturated carbocycles. The normalized spacial score (nSPS) is 38.3. The summed E-state index contributed by atoms with van der Waals surface area (Å²) in [4.78, 5) is 0. The second kappa shape index (κ2) is 7.25. The fraction of sp³-hybridized carbons (Fsp3) is 1.00. The molecule has 0 aromatic carbocycles. The van der Waals surface area contributed by atoms with Crippen LogP contribution in [0.4, 0.5) is 0 Å². The molecule has 0 aromatic rings. The van der Waals surface area contributed by atoms with E-state index < -0.39 is 24.6 Å². The van der Waals surface area contributed by atoms with E-state index in [2.05, 4.69) is 0 Å². The van der Waals surface area contributed by atoms with Gasteiger partial charge >= 0.3 is 0 Å². The molecule has 0 amide bonds. The van der Waals surface area contributed by atoms with Gasteiger partial charge in [-0.25, -0.2) is 0 Å². The van der Waals surface area contributed by atoms with Crippen LogP contribution >= 0.6 is 0 Å². The van der Waals surface area contributed by atoms with Gasteiger partial charge in [0.15, 0.2) is 6.29 Å². The lowest BCUT2D eigenvalue weighted by Gasteiger charge is -2.40. The number of unbranched alkanes of at least 4 members (excludes halogenated alkanes) is 1. The smallest absolute Gasteiger partial charge is 0.186 e. The van der Waals surface area contributed by atoms with E-state index in [9.17, 15) is 10.2 Å². The Morgan fingerprint density at radius 2 is 1.94 bits per heavy atom. The van der Waals surface area contributed by atoms with Crippen LogP contribution in [-0.4, -0.2) is 59.7 Å². The van der Waals surface area contributed by atoms with E-state index in [0.29, 0.717) is 13.2 Å². The maximum absolute atomic E-state index is 9.78. The Hall–Kier alpha value is -0.240. The maximum atomic E-state index is 9.78. The standard InChI is InChI=1S/C11H23NO5/c1-7-8(6-13)17-11(10(15)9(7)14)16-5-3-2-4-12/h7-11,13-15H,2-6,12H2,1H3. The molecule has 0 aliphatic carbocycles. The average molecular weight is 249 g/mol. The van der Waals surface area contributed by atoms with Gasteiger partial charge in [0, 0.05) is 12.5 Å². The average Bonchev–Trinajstić information content (AvgIpc) is 2.34. The van der Waals surface area contributed by atoms with Crippen LogP contribution in [0.5, 0.6) is 0 Å². The molecule has 6 nitrogen and oxygen atoms in total.